The molecule has 140 valence electrons. The number of carbonyl (C=O) groups is 1. The first-order valence-corrected chi connectivity index (χ1v) is 8.34. The third-order valence-corrected chi connectivity index (χ3v) is 4.14. The van der Waals surface area contributed by atoms with Crippen LogP contribution in [0.4, 0.5) is 5.69 Å². The number of aromatic hydroxyl groups is 1. The van der Waals surface area contributed by atoms with Crippen LogP contribution in [0, 0.1) is 0 Å². The molecule has 8 nitrogen and oxygen atoms in total. The third-order valence-electron chi connectivity index (χ3n) is 4.14. The minimum atomic E-state index is -0.728. The zero-order valence-corrected chi connectivity index (χ0v) is 14.4. The molecule has 0 saturated carbocycles. The van der Waals surface area contributed by atoms with E-state index in [1.807, 2.05) is 0 Å². The van der Waals surface area contributed by atoms with E-state index in [2.05, 4.69) is 10.3 Å². The number of fused-ring (bicyclic) bond motifs is 1. The zero-order valence-electron chi connectivity index (χ0n) is 14.4. The molecule has 0 atom stereocenters. The van der Waals surface area contributed by atoms with Gasteiger partial charge in [-0.2, -0.15) is 0 Å². The highest BCUT2D eigenvalue weighted by atomic mass is 16.4. The van der Waals surface area contributed by atoms with Crippen LogP contribution in [0.1, 0.15) is 21.9 Å². The Bertz CT molecular complexity index is 1280. The smallest absolute Gasteiger partial charge is 0.419 e. The van der Waals surface area contributed by atoms with Gasteiger partial charge in [-0.05, 0) is 29.8 Å². The molecule has 2 heterocycles. The summed E-state index contributed by atoms with van der Waals surface area (Å²) < 4.78 is 10.4. The van der Waals surface area contributed by atoms with Crippen LogP contribution in [0.3, 0.4) is 0 Å². The number of carbonyl (C=O) groups excluding carboxylic acids is 1. The average molecular weight is 378 g/mol. The number of nitrogens with one attached hydrogen (secondary N) is 2. The average Bonchev–Trinajstić information content (AvgIpc) is 3.00. The van der Waals surface area contributed by atoms with E-state index in [0.717, 1.165) is 11.6 Å². The second kappa shape index (κ2) is 6.92. The molecule has 2 aromatic carbocycles. The monoisotopic (exact) mass is 378 g/mol. The first-order chi connectivity index (χ1) is 13.5. The van der Waals surface area contributed by atoms with Crippen LogP contribution < -0.4 is 16.5 Å². The number of aromatic amines is 1. The summed E-state index contributed by atoms with van der Waals surface area (Å²) in [5.41, 5.74) is 1.29. The van der Waals surface area contributed by atoms with E-state index in [-0.39, 0.29) is 29.3 Å². The molecular weight excluding hydrogens is 364 g/mol. The minimum absolute atomic E-state index is 0.0909. The van der Waals surface area contributed by atoms with Crippen molar-refractivity contribution in [1.29, 1.82) is 0 Å². The predicted octanol–water partition coefficient (Wildman–Crippen LogP) is 2.62. The largest absolute Gasteiger partial charge is 0.492 e. The summed E-state index contributed by atoms with van der Waals surface area (Å²) in [6.45, 7) is 0. The number of anilines is 1. The van der Waals surface area contributed by atoms with E-state index in [1.54, 1.807) is 48.5 Å². The summed E-state index contributed by atoms with van der Waals surface area (Å²) in [6, 6.07) is 14.6. The molecule has 2 aromatic heterocycles. The summed E-state index contributed by atoms with van der Waals surface area (Å²) in [5, 5.41) is 12.6. The van der Waals surface area contributed by atoms with Crippen molar-refractivity contribution < 1.29 is 18.7 Å². The van der Waals surface area contributed by atoms with Gasteiger partial charge in [0.25, 0.3) is 5.91 Å². The Morgan fingerprint density at radius 3 is 2.50 bits per heavy atom. The minimum Gasteiger partial charge on any atom is -0.492 e. The topological polar surface area (TPSA) is 126 Å². The van der Waals surface area contributed by atoms with E-state index in [4.69, 9.17) is 8.83 Å². The number of oxazole rings is 1. The standard InChI is InChI=1S/C20H14N2O6/c23-14-10-17(27-15-4-2-1-3-13(14)15)18(24)21-12-7-5-11(6-8-12)9-16-19(25)22-20(26)28-16/h1-8,10,25H,9H2,(H,21,24)(H,22,26). The lowest BCUT2D eigenvalue weighted by Crippen LogP contribution is -2.14. The van der Waals surface area contributed by atoms with Crippen molar-refractivity contribution in [3.05, 3.63) is 92.5 Å². The van der Waals surface area contributed by atoms with Gasteiger partial charge in [-0.15, -0.1) is 0 Å². The number of H-pyrrole nitrogens is 1. The fraction of sp³-hybridized carbons (Fsp3) is 0.0500. The highest BCUT2D eigenvalue weighted by Gasteiger charge is 2.13. The summed E-state index contributed by atoms with van der Waals surface area (Å²) in [4.78, 5) is 37.7. The number of hydrogen-bond donors (Lipinski definition) is 3. The Hall–Kier alpha value is -4.07. The Kier molecular flexibility index (Phi) is 4.29. The molecule has 0 aliphatic rings. The van der Waals surface area contributed by atoms with Gasteiger partial charge in [-0.1, -0.05) is 24.3 Å². The van der Waals surface area contributed by atoms with Crippen molar-refractivity contribution >= 4 is 22.6 Å². The highest BCUT2D eigenvalue weighted by Crippen LogP contribution is 2.19. The molecule has 0 bridgehead atoms. The molecule has 0 fully saturated rings. The predicted molar refractivity (Wildman–Crippen MR) is 101 cm³/mol. The van der Waals surface area contributed by atoms with Crippen molar-refractivity contribution in [2.75, 3.05) is 5.32 Å². The Balaban J connectivity index is 1.51. The maximum Gasteiger partial charge on any atom is 0.419 e. The second-order valence-corrected chi connectivity index (χ2v) is 6.09. The van der Waals surface area contributed by atoms with E-state index in [1.165, 1.54) is 0 Å². The normalized spacial score (nSPS) is 10.9. The highest BCUT2D eigenvalue weighted by molar-refractivity contribution is 6.02. The van der Waals surface area contributed by atoms with Crippen LogP contribution in [0.15, 0.2) is 73.0 Å². The van der Waals surface area contributed by atoms with Crippen LogP contribution >= 0.6 is 0 Å². The summed E-state index contributed by atoms with van der Waals surface area (Å²) >= 11 is 0. The van der Waals surface area contributed by atoms with Crippen molar-refractivity contribution in [2.24, 2.45) is 0 Å². The van der Waals surface area contributed by atoms with Gasteiger partial charge in [0.2, 0.25) is 5.88 Å². The molecule has 4 aromatic rings. The van der Waals surface area contributed by atoms with Crippen LogP contribution in [0.2, 0.25) is 0 Å². The molecule has 1 amide bonds. The van der Waals surface area contributed by atoms with Gasteiger partial charge in [-0.3, -0.25) is 14.6 Å². The van der Waals surface area contributed by atoms with Gasteiger partial charge in [0.05, 0.1) is 5.39 Å². The Labute approximate surface area is 157 Å². The van der Waals surface area contributed by atoms with Gasteiger partial charge in [0.1, 0.15) is 5.58 Å². The van der Waals surface area contributed by atoms with Crippen molar-refractivity contribution in [3.63, 3.8) is 0 Å². The first kappa shape index (κ1) is 17.3. The summed E-state index contributed by atoms with van der Waals surface area (Å²) in [7, 11) is 0. The van der Waals surface area contributed by atoms with Gasteiger partial charge in [-0.25, -0.2) is 4.79 Å². The lowest BCUT2D eigenvalue weighted by Gasteiger charge is -2.06. The molecule has 0 radical (unpaired) electrons. The number of aromatic nitrogens is 1. The second-order valence-electron chi connectivity index (χ2n) is 6.09. The van der Waals surface area contributed by atoms with Crippen molar-refractivity contribution in [2.45, 2.75) is 6.42 Å². The van der Waals surface area contributed by atoms with E-state index in [0.29, 0.717) is 16.7 Å². The summed E-state index contributed by atoms with van der Waals surface area (Å²) in [5.74, 6) is -1.56. The van der Waals surface area contributed by atoms with E-state index >= 15 is 0 Å². The lowest BCUT2D eigenvalue weighted by molar-refractivity contribution is 0.0997. The van der Waals surface area contributed by atoms with Crippen LogP contribution in [-0.4, -0.2) is 16.0 Å². The molecule has 0 saturated heterocycles. The number of para-hydroxylation sites is 1. The fourth-order valence-electron chi connectivity index (χ4n) is 2.77. The number of benzene rings is 2. The SMILES string of the molecule is O=C(Nc1ccc(Cc2oc(=O)[nH]c2O)cc1)c1cc(=O)c2ccccc2o1. The Morgan fingerprint density at radius 2 is 1.79 bits per heavy atom. The number of rotatable bonds is 4. The fourth-order valence-corrected chi connectivity index (χ4v) is 2.77. The first-order valence-electron chi connectivity index (χ1n) is 8.34. The molecular formula is C20H14N2O6. The van der Waals surface area contributed by atoms with Crippen LogP contribution in [0.5, 0.6) is 5.88 Å². The third kappa shape index (κ3) is 3.43. The Morgan fingerprint density at radius 1 is 1.04 bits per heavy atom. The van der Waals surface area contributed by atoms with Crippen LogP contribution in [-0.2, 0) is 6.42 Å². The molecule has 0 aliphatic heterocycles. The number of amides is 1. The van der Waals surface area contributed by atoms with Crippen molar-refractivity contribution in [1.82, 2.24) is 4.98 Å². The molecule has 0 unspecified atom stereocenters. The van der Waals surface area contributed by atoms with E-state index < -0.39 is 11.7 Å². The van der Waals surface area contributed by atoms with Gasteiger partial charge in [0, 0.05) is 18.2 Å². The molecule has 8 heteroatoms. The van der Waals surface area contributed by atoms with Crippen LogP contribution in [0.25, 0.3) is 11.0 Å². The molecule has 0 spiro atoms. The number of hydrogen-bond acceptors (Lipinski definition) is 6. The lowest BCUT2D eigenvalue weighted by atomic mass is 10.1. The molecule has 0 aliphatic carbocycles. The quantitative estimate of drug-likeness (QED) is 0.501. The maximum absolute atomic E-state index is 12.4. The van der Waals surface area contributed by atoms with E-state index in [9.17, 15) is 19.5 Å². The molecule has 4 rings (SSSR count). The van der Waals surface area contributed by atoms with Gasteiger partial charge >= 0.3 is 5.76 Å². The molecule has 28 heavy (non-hydrogen) atoms. The zero-order chi connectivity index (χ0) is 19.7. The maximum atomic E-state index is 12.4. The van der Waals surface area contributed by atoms with Gasteiger partial charge in [0.15, 0.2) is 16.9 Å². The molecule has 3 N–H and O–H groups in total. The van der Waals surface area contributed by atoms with Gasteiger partial charge < -0.3 is 19.3 Å². The summed E-state index contributed by atoms with van der Waals surface area (Å²) in [6.07, 6.45) is 0.207. The van der Waals surface area contributed by atoms with Crippen molar-refractivity contribution in [3.8, 4) is 5.88 Å².